The number of amides is 1. The Morgan fingerprint density at radius 1 is 1.04 bits per heavy atom. The lowest BCUT2D eigenvalue weighted by Gasteiger charge is -2.31. The lowest BCUT2D eigenvalue weighted by Crippen LogP contribution is -2.38. The fourth-order valence-corrected chi connectivity index (χ4v) is 3.42. The molecule has 1 saturated heterocycles. The first-order valence-electron chi connectivity index (χ1n) is 8.80. The lowest BCUT2D eigenvalue weighted by molar-refractivity contribution is -0.120. The number of piperidine rings is 1. The Kier molecular flexibility index (Phi) is 5.40. The molecule has 2 aromatic heterocycles. The van der Waals surface area contributed by atoms with Crippen molar-refractivity contribution >= 4 is 40.6 Å². The molecule has 0 bridgehead atoms. The Labute approximate surface area is 171 Å². The molecule has 1 fully saturated rings. The van der Waals surface area contributed by atoms with Crippen molar-refractivity contribution in [3.63, 3.8) is 0 Å². The van der Waals surface area contributed by atoms with Gasteiger partial charge in [0.2, 0.25) is 5.91 Å². The van der Waals surface area contributed by atoms with Crippen LogP contribution in [-0.2, 0) is 4.79 Å². The average molecular weight is 418 g/mol. The Bertz CT molecular complexity index is 955. The molecule has 0 unspecified atom stereocenters. The highest BCUT2D eigenvalue weighted by atomic mass is 35.5. The van der Waals surface area contributed by atoms with Crippen LogP contribution in [0.1, 0.15) is 12.8 Å². The number of anilines is 2. The first-order chi connectivity index (χ1) is 13.6. The van der Waals surface area contributed by atoms with E-state index in [1.807, 2.05) is 12.1 Å². The number of benzene rings is 1. The van der Waals surface area contributed by atoms with E-state index in [1.165, 1.54) is 6.33 Å². The van der Waals surface area contributed by atoms with E-state index in [-0.39, 0.29) is 11.8 Å². The van der Waals surface area contributed by atoms with E-state index in [0.717, 1.165) is 31.7 Å². The molecule has 3 aromatic rings. The first kappa shape index (κ1) is 18.6. The zero-order valence-electron chi connectivity index (χ0n) is 14.8. The number of hydrogen-bond acceptors (Lipinski definition) is 6. The zero-order valence-corrected chi connectivity index (χ0v) is 16.3. The number of aromatic nitrogens is 5. The molecule has 4 rings (SSSR count). The monoisotopic (exact) mass is 417 g/mol. The largest absolute Gasteiger partial charge is 0.355 e. The highest BCUT2D eigenvalue weighted by Crippen LogP contribution is 2.27. The fourth-order valence-electron chi connectivity index (χ4n) is 3.12. The summed E-state index contributed by atoms with van der Waals surface area (Å²) in [6.07, 6.45) is 4.49. The van der Waals surface area contributed by atoms with Crippen molar-refractivity contribution in [1.82, 2.24) is 25.0 Å². The van der Waals surface area contributed by atoms with Crippen molar-refractivity contribution in [1.29, 1.82) is 0 Å². The van der Waals surface area contributed by atoms with Gasteiger partial charge in [-0.2, -0.15) is 5.10 Å². The van der Waals surface area contributed by atoms with Crippen LogP contribution in [0.2, 0.25) is 10.0 Å². The minimum Gasteiger partial charge on any atom is -0.355 e. The predicted molar refractivity (Wildman–Crippen MR) is 107 cm³/mol. The van der Waals surface area contributed by atoms with Crippen LogP contribution in [0.25, 0.3) is 5.82 Å². The summed E-state index contributed by atoms with van der Waals surface area (Å²) in [6, 6.07) is 8.82. The van der Waals surface area contributed by atoms with Crippen LogP contribution < -0.4 is 10.2 Å². The third-order valence-electron chi connectivity index (χ3n) is 4.67. The second-order valence-electron chi connectivity index (χ2n) is 6.47. The summed E-state index contributed by atoms with van der Waals surface area (Å²) in [5, 5.41) is 16.3. The Morgan fingerprint density at radius 3 is 2.43 bits per heavy atom. The van der Waals surface area contributed by atoms with Gasteiger partial charge >= 0.3 is 0 Å². The highest BCUT2D eigenvalue weighted by Gasteiger charge is 2.26. The molecule has 1 aliphatic rings. The van der Waals surface area contributed by atoms with Crippen LogP contribution in [0, 0.1) is 5.92 Å². The molecule has 1 aliphatic heterocycles. The first-order valence-corrected chi connectivity index (χ1v) is 9.55. The van der Waals surface area contributed by atoms with Gasteiger partial charge in [0.15, 0.2) is 11.6 Å². The smallest absolute Gasteiger partial charge is 0.227 e. The minimum absolute atomic E-state index is 0.00865. The maximum absolute atomic E-state index is 12.5. The molecule has 0 radical (unpaired) electrons. The van der Waals surface area contributed by atoms with Gasteiger partial charge in [-0.3, -0.25) is 4.79 Å². The molecule has 0 aliphatic carbocycles. The van der Waals surface area contributed by atoms with Crippen molar-refractivity contribution in [2.75, 3.05) is 23.3 Å². The van der Waals surface area contributed by atoms with Crippen LogP contribution in [0.5, 0.6) is 0 Å². The van der Waals surface area contributed by atoms with Crippen LogP contribution in [-0.4, -0.2) is 44.0 Å². The van der Waals surface area contributed by atoms with Crippen molar-refractivity contribution in [2.24, 2.45) is 5.92 Å². The van der Waals surface area contributed by atoms with E-state index >= 15 is 0 Å². The molecule has 28 heavy (non-hydrogen) atoms. The van der Waals surface area contributed by atoms with Gasteiger partial charge in [0.1, 0.15) is 12.7 Å². The molecule has 8 nitrogen and oxygen atoms in total. The van der Waals surface area contributed by atoms with Crippen molar-refractivity contribution in [2.45, 2.75) is 12.8 Å². The number of halogens is 2. The minimum atomic E-state index is -0.0620. The molecule has 0 spiro atoms. The predicted octanol–water partition coefficient (Wildman–Crippen LogP) is 3.22. The summed E-state index contributed by atoms with van der Waals surface area (Å²) in [4.78, 5) is 18.6. The van der Waals surface area contributed by atoms with E-state index in [9.17, 15) is 4.79 Å². The topological polar surface area (TPSA) is 88.8 Å². The number of hydrogen-bond donors (Lipinski definition) is 1. The lowest BCUT2D eigenvalue weighted by atomic mass is 9.96. The number of rotatable bonds is 4. The summed E-state index contributed by atoms with van der Waals surface area (Å²) < 4.78 is 1.55. The van der Waals surface area contributed by atoms with Gasteiger partial charge in [-0.25, -0.2) is 9.67 Å². The van der Waals surface area contributed by atoms with Crippen LogP contribution >= 0.6 is 23.2 Å². The number of carbonyl (C=O) groups is 1. The SMILES string of the molecule is O=C(Nc1ccc(Cl)c(Cl)c1)C1CCN(c2ccc(-n3cncn3)nn2)CC1. The number of carbonyl (C=O) groups excluding carboxylic acids is 1. The van der Waals surface area contributed by atoms with Gasteiger partial charge in [0.05, 0.1) is 10.0 Å². The Morgan fingerprint density at radius 2 is 1.79 bits per heavy atom. The van der Waals surface area contributed by atoms with E-state index in [0.29, 0.717) is 21.6 Å². The second-order valence-corrected chi connectivity index (χ2v) is 7.28. The van der Waals surface area contributed by atoms with E-state index in [4.69, 9.17) is 23.2 Å². The summed E-state index contributed by atoms with van der Waals surface area (Å²) in [7, 11) is 0. The number of nitrogens with one attached hydrogen (secondary N) is 1. The number of nitrogens with zero attached hydrogens (tertiary/aromatic N) is 6. The molecular weight excluding hydrogens is 401 g/mol. The molecule has 10 heteroatoms. The maximum atomic E-state index is 12.5. The molecular formula is C18H17Cl2N7O. The molecule has 0 saturated carbocycles. The van der Waals surface area contributed by atoms with Gasteiger partial charge in [0.25, 0.3) is 0 Å². The van der Waals surface area contributed by atoms with Gasteiger partial charge in [-0.15, -0.1) is 10.2 Å². The fraction of sp³-hybridized carbons (Fsp3) is 0.278. The zero-order chi connectivity index (χ0) is 19.5. The Balaban J connectivity index is 1.33. The maximum Gasteiger partial charge on any atom is 0.227 e. The van der Waals surface area contributed by atoms with Crippen molar-refractivity contribution < 1.29 is 4.79 Å². The van der Waals surface area contributed by atoms with Crippen LogP contribution in [0.15, 0.2) is 43.0 Å². The van der Waals surface area contributed by atoms with Crippen molar-refractivity contribution in [3.05, 3.63) is 53.0 Å². The van der Waals surface area contributed by atoms with E-state index in [1.54, 1.807) is 29.2 Å². The standard InChI is InChI=1S/C18H17Cl2N7O/c19-14-2-1-13(9-15(14)20)23-18(28)12-5-7-26(8-6-12)16-3-4-17(25-24-16)27-11-21-10-22-27/h1-4,9-12H,5-8H2,(H,23,28). The molecule has 3 heterocycles. The quantitative estimate of drug-likeness (QED) is 0.700. The van der Waals surface area contributed by atoms with E-state index in [2.05, 4.69) is 30.5 Å². The molecule has 144 valence electrons. The highest BCUT2D eigenvalue weighted by molar-refractivity contribution is 6.42. The summed E-state index contributed by atoms with van der Waals surface area (Å²) in [6.45, 7) is 1.47. The van der Waals surface area contributed by atoms with Crippen LogP contribution in [0.4, 0.5) is 11.5 Å². The molecule has 1 aromatic carbocycles. The molecule has 0 atom stereocenters. The average Bonchev–Trinajstić information content (AvgIpc) is 3.26. The van der Waals surface area contributed by atoms with Gasteiger partial charge in [0, 0.05) is 24.7 Å². The second kappa shape index (κ2) is 8.12. The summed E-state index contributed by atoms with van der Waals surface area (Å²) >= 11 is 11.9. The van der Waals surface area contributed by atoms with Gasteiger partial charge in [-0.1, -0.05) is 23.2 Å². The molecule has 1 amide bonds. The summed E-state index contributed by atoms with van der Waals surface area (Å²) in [5.41, 5.74) is 0.649. The normalized spacial score (nSPS) is 14.9. The van der Waals surface area contributed by atoms with Crippen LogP contribution in [0.3, 0.4) is 0 Å². The Hall–Kier alpha value is -2.71. The summed E-state index contributed by atoms with van der Waals surface area (Å²) in [5.74, 6) is 1.32. The van der Waals surface area contributed by atoms with Gasteiger partial charge < -0.3 is 10.2 Å². The van der Waals surface area contributed by atoms with E-state index < -0.39 is 0 Å². The van der Waals surface area contributed by atoms with Gasteiger partial charge in [-0.05, 0) is 43.2 Å². The third kappa shape index (κ3) is 4.07. The molecule has 1 N–H and O–H groups in total. The third-order valence-corrected chi connectivity index (χ3v) is 5.41. The van der Waals surface area contributed by atoms with Crippen molar-refractivity contribution in [3.8, 4) is 5.82 Å².